The molecule has 1 rings (SSSR count). The van der Waals surface area contributed by atoms with Crippen molar-refractivity contribution >= 4 is 0 Å². The van der Waals surface area contributed by atoms with Gasteiger partial charge in [-0.2, -0.15) is 0 Å². The van der Waals surface area contributed by atoms with Gasteiger partial charge in [0.2, 0.25) is 0 Å². The summed E-state index contributed by atoms with van der Waals surface area (Å²) in [5, 5.41) is 4.07. The molecule has 1 aliphatic rings. The minimum atomic E-state index is 0.154. The van der Waals surface area contributed by atoms with Crippen molar-refractivity contribution in [3.63, 3.8) is 0 Å². The Hall–Kier alpha value is -0.560. The van der Waals surface area contributed by atoms with Crippen molar-refractivity contribution in [2.75, 3.05) is 6.54 Å². The fourth-order valence-corrected chi connectivity index (χ4v) is 4.23. The van der Waals surface area contributed by atoms with Crippen molar-refractivity contribution in [3.05, 3.63) is 22.8 Å². The van der Waals surface area contributed by atoms with Gasteiger partial charge in [0, 0.05) is 0 Å². The minimum Gasteiger partial charge on any atom is -0.304 e. The number of hydrogen-bond acceptors (Lipinski definition) is 1. The SMILES string of the molecule is CCCCC1=CC(CCCC)(NCC(C)C)C(CCCC)=C1CCCC. The summed E-state index contributed by atoms with van der Waals surface area (Å²) in [5.74, 6) is 0.702. The fourth-order valence-electron chi connectivity index (χ4n) is 4.23. The second-order valence-electron chi connectivity index (χ2n) is 8.79. The largest absolute Gasteiger partial charge is 0.304 e. The summed E-state index contributed by atoms with van der Waals surface area (Å²) in [6, 6.07) is 0. The van der Waals surface area contributed by atoms with Crippen LogP contribution < -0.4 is 5.32 Å². The molecule has 0 bridgehead atoms. The van der Waals surface area contributed by atoms with E-state index in [-0.39, 0.29) is 5.54 Å². The lowest BCUT2D eigenvalue weighted by atomic mass is 9.82. The molecule has 1 heteroatoms. The first-order chi connectivity index (χ1) is 12.5. The molecular formula is C25H47N. The molecule has 26 heavy (non-hydrogen) atoms. The van der Waals surface area contributed by atoms with Crippen LogP contribution in [0.3, 0.4) is 0 Å². The molecule has 0 saturated heterocycles. The van der Waals surface area contributed by atoms with E-state index in [2.05, 4.69) is 52.9 Å². The van der Waals surface area contributed by atoms with Crippen LogP contribution in [0, 0.1) is 5.92 Å². The van der Waals surface area contributed by atoms with Crippen molar-refractivity contribution in [1.29, 1.82) is 0 Å². The standard InChI is InChI=1S/C25H47N/c1-7-11-15-22-19-25(18-14-10-4,26-20-21(5)6)24(17-13-9-3)23(22)16-12-8-2/h19,21,26H,7-18,20H2,1-6H3. The van der Waals surface area contributed by atoms with Crippen molar-refractivity contribution in [2.45, 2.75) is 124 Å². The lowest BCUT2D eigenvalue weighted by Gasteiger charge is -2.34. The van der Waals surface area contributed by atoms with E-state index in [4.69, 9.17) is 0 Å². The molecule has 0 radical (unpaired) electrons. The van der Waals surface area contributed by atoms with Crippen LogP contribution in [0.2, 0.25) is 0 Å². The summed E-state index contributed by atoms with van der Waals surface area (Å²) in [7, 11) is 0. The van der Waals surface area contributed by atoms with Crippen LogP contribution in [0.5, 0.6) is 0 Å². The zero-order valence-corrected chi connectivity index (χ0v) is 18.8. The molecule has 0 aromatic rings. The maximum absolute atomic E-state index is 4.07. The van der Waals surface area contributed by atoms with Gasteiger partial charge in [0.1, 0.15) is 0 Å². The van der Waals surface area contributed by atoms with Crippen LogP contribution in [0.4, 0.5) is 0 Å². The first kappa shape index (κ1) is 23.5. The summed E-state index contributed by atoms with van der Waals surface area (Å²) < 4.78 is 0. The maximum Gasteiger partial charge on any atom is 0.0591 e. The average molecular weight is 362 g/mol. The van der Waals surface area contributed by atoms with Gasteiger partial charge in [-0.3, -0.25) is 0 Å². The van der Waals surface area contributed by atoms with Crippen LogP contribution in [-0.4, -0.2) is 12.1 Å². The van der Waals surface area contributed by atoms with Gasteiger partial charge in [-0.15, -0.1) is 0 Å². The molecule has 152 valence electrons. The van der Waals surface area contributed by atoms with Gasteiger partial charge >= 0.3 is 0 Å². The molecule has 0 aromatic heterocycles. The van der Waals surface area contributed by atoms with E-state index in [1.165, 1.54) is 77.0 Å². The Bertz CT molecular complexity index is 443. The normalized spacial score (nSPS) is 20.3. The van der Waals surface area contributed by atoms with Crippen LogP contribution in [0.1, 0.15) is 119 Å². The molecule has 0 fully saturated rings. The fraction of sp³-hybridized carbons (Fsp3) is 0.840. The summed E-state index contributed by atoms with van der Waals surface area (Å²) in [4.78, 5) is 0. The predicted octanol–water partition coefficient (Wildman–Crippen LogP) is 7.97. The van der Waals surface area contributed by atoms with E-state index in [1.54, 1.807) is 16.7 Å². The van der Waals surface area contributed by atoms with E-state index >= 15 is 0 Å². The number of rotatable bonds is 15. The molecule has 1 N–H and O–H groups in total. The Morgan fingerprint density at radius 3 is 1.96 bits per heavy atom. The monoisotopic (exact) mass is 361 g/mol. The highest BCUT2D eigenvalue weighted by Crippen LogP contribution is 2.44. The third-order valence-electron chi connectivity index (χ3n) is 5.82. The van der Waals surface area contributed by atoms with Crippen LogP contribution >= 0.6 is 0 Å². The Kier molecular flexibility index (Phi) is 11.5. The molecule has 1 nitrogen and oxygen atoms in total. The highest BCUT2D eigenvalue weighted by Gasteiger charge is 2.38. The topological polar surface area (TPSA) is 12.0 Å². The van der Waals surface area contributed by atoms with Crippen molar-refractivity contribution in [3.8, 4) is 0 Å². The third kappa shape index (κ3) is 6.87. The van der Waals surface area contributed by atoms with Crippen LogP contribution in [0.15, 0.2) is 22.8 Å². The van der Waals surface area contributed by atoms with E-state index in [0.717, 1.165) is 6.54 Å². The first-order valence-corrected chi connectivity index (χ1v) is 11.7. The molecule has 0 heterocycles. The molecule has 1 unspecified atom stereocenters. The Morgan fingerprint density at radius 1 is 0.808 bits per heavy atom. The molecule has 0 aliphatic heterocycles. The number of unbranched alkanes of at least 4 members (excludes halogenated alkanes) is 4. The maximum atomic E-state index is 4.07. The predicted molar refractivity (Wildman–Crippen MR) is 119 cm³/mol. The molecule has 0 saturated carbocycles. The Labute approximate surface area is 165 Å². The number of hydrogen-bond donors (Lipinski definition) is 1. The highest BCUT2D eigenvalue weighted by molar-refractivity contribution is 5.52. The van der Waals surface area contributed by atoms with Crippen molar-refractivity contribution in [1.82, 2.24) is 5.32 Å². The summed E-state index contributed by atoms with van der Waals surface area (Å²) in [5.41, 5.74) is 5.37. The summed E-state index contributed by atoms with van der Waals surface area (Å²) in [6.45, 7) is 15.1. The van der Waals surface area contributed by atoms with Gasteiger partial charge in [0.05, 0.1) is 5.54 Å². The smallest absolute Gasteiger partial charge is 0.0591 e. The van der Waals surface area contributed by atoms with Crippen molar-refractivity contribution < 1.29 is 0 Å². The Balaban J connectivity index is 3.26. The van der Waals surface area contributed by atoms with E-state index in [9.17, 15) is 0 Å². The minimum absolute atomic E-state index is 0.154. The van der Waals surface area contributed by atoms with Gasteiger partial charge in [-0.1, -0.05) is 79.7 Å². The quantitative estimate of drug-likeness (QED) is 0.312. The van der Waals surface area contributed by atoms with Crippen molar-refractivity contribution in [2.24, 2.45) is 5.92 Å². The number of nitrogens with one attached hydrogen (secondary N) is 1. The second-order valence-corrected chi connectivity index (χ2v) is 8.79. The summed E-state index contributed by atoms with van der Waals surface area (Å²) in [6.07, 6.45) is 18.3. The van der Waals surface area contributed by atoms with E-state index < -0.39 is 0 Å². The van der Waals surface area contributed by atoms with Gasteiger partial charge in [-0.05, 0) is 74.1 Å². The van der Waals surface area contributed by atoms with Gasteiger partial charge in [0.15, 0.2) is 0 Å². The van der Waals surface area contributed by atoms with Crippen LogP contribution in [0.25, 0.3) is 0 Å². The first-order valence-electron chi connectivity index (χ1n) is 11.7. The third-order valence-corrected chi connectivity index (χ3v) is 5.82. The van der Waals surface area contributed by atoms with Crippen LogP contribution in [-0.2, 0) is 0 Å². The van der Waals surface area contributed by atoms with Gasteiger partial charge in [0.25, 0.3) is 0 Å². The zero-order chi connectivity index (χ0) is 19.4. The summed E-state index contributed by atoms with van der Waals surface area (Å²) >= 11 is 0. The lowest BCUT2D eigenvalue weighted by molar-refractivity contribution is 0.381. The lowest BCUT2D eigenvalue weighted by Crippen LogP contribution is -2.46. The molecule has 0 amide bonds. The second kappa shape index (κ2) is 12.8. The molecule has 1 aliphatic carbocycles. The molecule has 0 aromatic carbocycles. The average Bonchev–Trinajstić information content (AvgIpc) is 2.92. The van der Waals surface area contributed by atoms with E-state index in [1.807, 2.05) is 0 Å². The van der Waals surface area contributed by atoms with Gasteiger partial charge in [-0.25, -0.2) is 0 Å². The highest BCUT2D eigenvalue weighted by atomic mass is 15.0. The molecule has 1 atom stereocenters. The molecule has 0 spiro atoms. The van der Waals surface area contributed by atoms with Gasteiger partial charge < -0.3 is 5.32 Å². The van der Waals surface area contributed by atoms with E-state index in [0.29, 0.717) is 5.92 Å². The number of allylic oxidation sites excluding steroid dienone is 2. The zero-order valence-electron chi connectivity index (χ0n) is 18.8. The Morgan fingerprint density at radius 2 is 1.38 bits per heavy atom. The molecular weight excluding hydrogens is 314 g/mol.